The van der Waals surface area contributed by atoms with Crippen LogP contribution in [-0.4, -0.2) is 14.5 Å². The Morgan fingerprint density at radius 3 is 1.41 bits per heavy atom. The monoisotopic (exact) mass is 863 g/mol. The lowest BCUT2D eigenvalue weighted by atomic mass is 9.85. The minimum atomic E-state index is -0.000256. The Morgan fingerprint density at radius 1 is 0.394 bits per heavy atom. The molecule has 3 heterocycles. The van der Waals surface area contributed by atoms with Crippen molar-refractivity contribution in [2.45, 2.75) is 26.2 Å². The van der Waals surface area contributed by atoms with Crippen LogP contribution in [0, 0.1) is 0 Å². The number of hydrogen-bond donors (Lipinski definition) is 0. The first-order valence-electron chi connectivity index (χ1n) is 22.6. The quantitative estimate of drug-likeness (QED) is 0.160. The first kappa shape index (κ1) is 39.7. The highest BCUT2D eigenvalue weighted by molar-refractivity contribution is 7.26. The predicted octanol–water partition coefficient (Wildman–Crippen LogP) is 17.2. The SMILES string of the molecule is CC(C)(C)c1ccc(-c2cc(-c3nc(-c4ccccc4)nc4c3sc3ccccc34)cc(-c3ccccc3)c2-n2c3ccc(-c4ccccc4)cc3c3cc(-c4ccccc4)ccc32)cc1. The van der Waals surface area contributed by atoms with Gasteiger partial charge in [0, 0.05) is 43.1 Å². The van der Waals surface area contributed by atoms with Crippen LogP contribution in [0.3, 0.4) is 0 Å². The summed E-state index contributed by atoms with van der Waals surface area (Å²) in [5.41, 5.74) is 17.9. The molecule has 12 rings (SSSR count). The third-order valence-corrected chi connectivity index (χ3v) is 14.2. The summed E-state index contributed by atoms with van der Waals surface area (Å²) in [4.78, 5) is 10.8. The van der Waals surface area contributed by atoms with E-state index in [1.54, 1.807) is 11.3 Å². The van der Waals surface area contributed by atoms with Crippen LogP contribution in [0.5, 0.6) is 0 Å². The van der Waals surface area contributed by atoms with Gasteiger partial charge in [-0.25, -0.2) is 9.97 Å². The zero-order valence-electron chi connectivity index (χ0n) is 37.0. The van der Waals surface area contributed by atoms with Gasteiger partial charge in [0.2, 0.25) is 0 Å². The normalized spacial score (nSPS) is 11.9. The number of rotatable bonds is 7. The summed E-state index contributed by atoms with van der Waals surface area (Å²) in [7, 11) is 0. The van der Waals surface area contributed by atoms with Crippen LogP contribution in [-0.2, 0) is 5.41 Å². The van der Waals surface area contributed by atoms with Gasteiger partial charge in [-0.2, -0.15) is 0 Å². The van der Waals surface area contributed by atoms with E-state index in [9.17, 15) is 0 Å². The minimum Gasteiger partial charge on any atom is -0.308 e. The van der Waals surface area contributed by atoms with Crippen molar-refractivity contribution < 1.29 is 0 Å². The highest BCUT2D eigenvalue weighted by Crippen LogP contribution is 2.47. The van der Waals surface area contributed by atoms with Crippen LogP contribution >= 0.6 is 11.3 Å². The number of fused-ring (bicyclic) bond motifs is 6. The van der Waals surface area contributed by atoms with Gasteiger partial charge in [-0.1, -0.05) is 197 Å². The average molecular weight is 864 g/mol. The molecule has 12 aromatic rings. The van der Waals surface area contributed by atoms with Crippen molar-refractivity contribution >= 4 is 53.4 Å². The van der Waals surface area contributed by atoms with E-state index in [1.807, 2.05) is 6.07 Å². The van der Waals surface area contributed by atoms with Gasteiger partial charge in [-0.3, -0.25) is 0 Å². The van der Waals surface area contributed by atoms with E-state index in [0.717, 1.165) is 71.4 Å². The molecule has 0 spiro atoms. The molecule has 0 saturated carbocycles. The summed E-state index contributed by atoms with van der Waals surface area (Å²) in [5, 5.41) is 3.55. The average Bonchev–Trinajstić information content (AvgIpc) is 3.91. The van der Waals surface area contributed by atoms with Crippen molar-refractivity contribution in [2.75, 3.05) is 0 Å². The van der Waals surface area contributed by atoms with Crippen molar-refractivity contribution in [1.29, 1.82) is 0 Å². The number of nitrogens with zero attached hydrogens (tertiary/aromatic N) is 3. The fourth-order valence-electron chi connectivity index (χ4n) is 9.61. The fourth-order valence-corrected chi connectivity index (χ4v) is 10.8. The Labute approximate surface area is 389 Å². The molecule has 314 valence electrons. The molecule has 0 saturated heterocycles. The molecule has 3 nitrogen and oxygen atoms in total. The molecule has 0 unspecified atom stereocenters. The highest BCUT2D eigenvalue weighted by atomic mass is 32.1. The maximum absolute atomic E-state index is 5.51. The number of hydrogen-bond acceptors (Lipinski definition) is 3. The molecular weight excluding hydrogens is 819 g/mol. The van der Waals surface area contributed by atoms with Crippen LogP contribution in [0.1, 0.15) is 26.3 Å². The smallest absolute Gasteiger partial charge is 0.160 e. The second-order valence-corrected chi connectivity index (χ2v) is 19.2. The van der Waals surface area contributed by atoms with Gasteiger partial charge < -0.3 is 4.57 Å². The predicted molar refractivity (Wildman–Crippen MR) is 281 cm³/mol. The first-order valence-corrected chi connectivity index (χ1v) is 23.5. The van der Waals surface area contributed by atoms with Crippen LogP contribution in [0.2, 0.25) is 0 Å². The maximum atomic E-state index is 5.51. The van der Waals surface area contributed by atoms with Crippen LogP contribution in [0.4, 0.5) is 0 Å². The highest BCUT2D eigenvalue weighted by Gasteiger charge is 2.25. The third kappa shape index (κ3) is 6.90. The molecule has 0 aliphatic carbocycles. The summed E-state index contributed by atoms with van der Waals surface area (Å²) in [6.45, 7) is 6.84. The van der Waals surface area contributed by atoms with Crippen molar-refractivity contribution in [2.24, 2.45) is 0 Å². The molecule has 0 N–H and O–H groups in total. The van der Waals surface area contributed by atoms with E-state index in [0.29, 0.717) is 5.82 Å². The van der Waals surface area contributed by atoms with Crippen molar-refractivity contribution in [3.8, 4) is 72.8 Å². The van der Waals surface area contributed by atoms with Gasteiger partial charge in [0.25, 0.3) is 0 Å². The maximum Gasteiger partial charge on any atom is 0.160 e. The lowest BCUT2D eigenvalue weighted by Gasteiger charge is -2.23. The van der Waals surface area contributed by atoms with E-state index in [-0.39, 0.29) is 5.41 Å². The molecule has 0 atom stereocenters. The molecule has 66 heavy (non-hydrogen) atoms. The van der Waals surface area contributed by atoms with E-state index in [1.165, 1.54) is 43.3 Å². The fraction of sp³-hybridized carbons (Fsp3) is 0.0645. The Bertz CT molecular complexity index is 3650. The van der Waals surface area contributed by atoms with Gasteiger partial charge in [-0.05, 0) is 86.8 Å². The van der Waals surface area contributed by atoms with E-state index < -0.39 is 0 Å². The molecule has 4 heteroatoms. The molecule has 0 bridgehead atoms. The topological polar surface area (TPSA) is 30.7 Å². The summed E-state index contributed by atoms with van der Waals surface area (Å²) < 4.78 is 4.80. The van der Waals surface area contributed by atoms with Crippen molar-refractivity contribution in [3.05, 3.63) is 224 Å². The van der Waals surface area contributed by atoms with Crippen molar-refractivity contribution in [1.82, 2.24) is 14.5 Å². The Balaban J connectivity index is 1.22. The Morgan fingerprint density at radius 2 is 0.864 bits per heavy atom. The summed E-state index contributed by atoms with van der Waals surface area (Å²) in [5.74, 6) is 0.717. The van der Waals surface area contributed by atoms with Gasteiger partial charge in [0.1, 0.15) is 0 Å². The molecule has 9 aromatic carbocycles. The zero-order chi connectivity index (χ0) is 44.4. The molecule has 0 aliphatic heterocycles. The van der Waals surface area contributed by atoms with Crippen LogP contribution in [0.15, 0.2) is 218 Å². The molecule has 3 aromatic heterocycles. The van der Waals surface area contributed by atoms with Crippen LogP contribution in [0.25, 0.3) is 115 Å². The van der Waals surface area contributed by atoms with Gasteiger partial charge in [0.15, 0.2) is 5.82 Å². The van der Waals surface area contributed by atoms with Crippen molar-refractivity contribution in [3.63, 3.8) is 0 Å². The number of aromatic nitrogens is 3. The number of thiophene rings is 1. The molecule has 0 amide bonds. The molecular formula is C62H45N3S. The largest absolute Gasteiger partial charge is 0.308 e. The van der Waals surface area contributed by atoms with E-state index >= 15 is 0 Å². The standard InChI is InChI=1S/C62H45N3S/c1-62(2,3)48-32-28-43(29-33-48)51-39-47(57-60-58(49-26-16-17-27-56(49)66-60)64-61(63-57)44-24-14-7-15-25-44)38-50(42-22-12-6-13-23-42)59(51)65-54-34-30-45(40-18-8-4-9-19-40)36-52(54)53-37-46(31-35-55(53)65)41-20-10-5-11-21-41/h4-39H,1-3H3. The zero-order valence-corrected chi connectivity index (χ0v) is 37.9. The third-order valence-electron chi connectivity index (χ3n) is 13.0. The summed E-state index contributed by atoms with van der Waals surface area (Å²) in [6.07, 6.45) is 0. The second-order valence-electron chi connectivity index (χ2n) is 18.2. The molecule has 0 aliphatic rings. The van der Waals surface area contributed by atoms with Gasteiger partial charge >= 0.3 is 0 Å². The lowest BCUT2D eigenvalue weighted by Crippen LogP contribution is -2.10. The molecule has 0 fully saturated rings. The summed E-state index contributed by atoms with van der Waals surface area (Å²) in [6, 6.07) is 79.3. The minimum absolute atomic E-state index is 0.000256. The first-order chi connectivity index (χ1) is 32.4. The summed E-state index contributed by atoms with van der Waals surface area (Å²) >= 11 is 1.77. The van der Waals surface area contributed by atoms with Crippen LogP contribution < -0.4 is 0 Å². The van der Waals surface area contributed by atoms with Gasteiger partial charge in [0.05, 0.1) is 32.6 Å². The lowest BCUT2D eigenvalue weighted by molar-refractivity contribution is 0.590. The second kappa shape index (κ2) is 16.0. The number of benzene rings is 9. The Kier molecular flexibility index (Phi) is 9.58. The molecule has 0 radical (unpaired) electrons. The van der Waals surface area contributed by atoms with Gasteiger partial charge in [-0.15, -0.1) is 11.3 Å². The van der Waals surface area contributed by atoms with E-state index in [2.05, 4.69) is 238 Å². The van der Waals surface area contributed by atoms with E-state index in [4.69, 9.17) is 9.97 Å². The Hall–Kier alpha value is -7.92.